The number of anilines is 1. The number of fused-ring (bicyclic) bond motifs is 1. The minimum Gasteiger partial charge on any atom is -0.325 e. The summed E-state index contributed by atoms with van der Waals surface area (Å²) >= 11 is 7.69. The first-order valence-corrected chi connectivity index (χ1v) is 9.27. The third kappa shape index (κ3) is 4.11. The summed E-state index contributed by atoms with van der Waals surface area (Å²) in [5.74, 6) is 1.21. The summed E-state index contributed by atoms with van der Waals surface area (Å²) in [5, 5.41) is 6.03. The van der Waals surface area contributed by atoms with E-state index >= 15 is 0 Å². The summed E-state index contributed by atoms with van der Waals surface area (Å²) in [6.07, 6.45) is 0. The Hall–Kier alpha value is -1.97. The molecule has 0 heterocycles. The number of carbonyl (C=O) groups is 1. The van der Waals surface area contributed by atoms with Gasteiger partial charge in [0.05, 0.1) is 5.75 Å². The fourth-order valence-electron chi connectivity index (χ4n) is 2.54. The number of hydrogen-bond acceptors (Lipinski definition) is 2. The molecule has 0 fully saturated rings. The number of halogens is 1. The molecule has 0 saturated carbocycles. The lowest BCUT2D eigenvalue weighted by atomic mass is 10.1. The molecule has 3 aromatic carbocycles. The predicted molar refractivity (Wildman–Crippen MR) is 105 cm³/mol. The zero-order valence-electron chi connectivity index (χ0n) is 13.4. The first-order valence-electron chi connectivity index (χ1n) is 7.74. The summed E-state index contributed by atoms with van der Waals surface area (Å²) in [7, 11) is 0. The van der Waals surface area contributed by atoms with Gasteiger partial charge in [-0.1, -0.05) is 60.1 Å². The van der Waals surface area contributed by atoms with Gasteiger partial charge in [-0.15, -0.1) is 11.8 Å². The number of aryl methyl sites for hydroxylation is 1. The van der Waals surface area contributed by atoms with E-state index in [0.717, 1.165) is 17.0 Å². The molecule has 0 atom stereocenters. The molecule has 1 N–H and O–H groups in total. The number of carbonyl (C=O) groups excluding carboxylic acids is 1. The van der Waals surface area contributed by atoms with Crippen LogP contribution in [0.2, 0.25) is 5.02 Å². The van der Waals surface area contributed by atoms with Gasteiger partial charge < -0.3 is 5.32 Å². The topological polar surface area (TPSA) is 29.1 Å². The summed E-state index contributed by atoms with van der Waals surface area (Å²) in [6, 6.07) is 20.2. The molecule has 3 rings (SSSR count). The minimum absolute atomic E-state index is 0.0137. The molecule has 0 bridgehead atoms. The van der Waals surface area contributed by atoms with Crippen molar-refractivity contribution in [1.29, 1.82) is 0 Å². The van der Waals surface area contributed by atoms with Crippen molar-refractivity contribution >= 4 is 45.7 Å². The van der Waals surface area contributed by atoms with Gasteiger partial charge in [0.1, 0.15) is 0 Å². The number of nitrogens with one attached hydrogen (secondary N) is 1. The van der Waals surface area contributed by atoms with E-state index in [1.807, 2.05) is 31.2 Å². The first-order chi connectivity index (χ1) is 11.6. The SMILES string of the molecule is Cc1ccc(NC(=O)CSCc2cccc3ccccc23)cc1Cl. The zero-order valence-corrected chi connectivity index (χ0v) is 15.0. The molecular formula is C20H18ClNOS. The highest BCUT2D eigenvalue weighted by Crippen LogP contribution is 2.23. The van der Waals surface area contributed by atoms with E-state index in [1.165, 1.54) is 16.3 Å². The Morgan fingerprint density at radius 1 is 1.08 bits per heavy atom. The molecule has 0 aliphatic rings. The first kappa shape index (κ1) is 16.9. The van der Waals surface area contributed by atoms with E-state index in [0.29, 0.717) is 10.8 Å². The number of thioether (sulfide) groups is 1. The molecule has 4 heteroatoms. The number of benzene rings is 3. The standard InChI is InChI=1S/C20H18ClNOS/c1-14-9-10-17(11-19(14)21)22-20(23)13-24-12-16-7-4-6-15-5-2-3-8-18(15)16/h2-11H,12-13H2,1H3,(H,22,23). The second-order valence-electron chi connectivity index (χ2n) is 5.64. The normalized spacial score (nSPS) is 10.8. The van der Waals surface area contributed by atoms with E-state index in [9.17, 15) is 4.79 Å². The number of rotatable bonds is 5. The van der Waals surface area contributed by atoms with Crippen molar-refractivity contribution in [2.75, 3.05) is 11.1 Å². The molecule has 24 heavy (non-hydrogen) atoms. The highest BCUT2D eigenvalue weighted by molar-refractivity contribution is 7.99. The quantitative estimate of drug-likeness (QED) is 0.638. The lowest BCUT2D eigenvalue weighted by Gasteiger charge is -2.08. The molecule has 122 valence electrons. The van der Waals surface area contributed by atoms with Crippen LogP contribution in [-0.4, -0.2) is 11.7 Å². The molecule has 3 aromatic rings. The summed E-state index contributed by atoms with van der Waals surface area (Å²) in [6.45, 7) is 1.94. The van der Waals surface area contributed by atoms with Gasteiger partial charge in [-0.3, -0.25) is 4.79 Å². The lowest BCUT2D eigenvalue weighted by Crippen LogP contribution is -2.14. The van der Waals surface area contributed by atoms with Crippen molar-refractivity contribution in [1.82, 2.24) is 0 Å². The Morgan fingerprint density at radius 2 is 1.88 bits per heavy atom. The second-order valence-corrected chi connectivity index (χ2v) is 7.04. The molecule has 0 radical (unpaired) electrons. The van der Waals surface area contributed by atoms with Crippen LogP contribution >= 0.6 is 23.4 Å². The molecule has 1 amide bonds. The van der Waals surface area contributed by atoms with Crippen molar-refractivity contribution in [3.05, 3.63) is 76.8 Å². The van der Waals surface area contributed by atoms with Gasteiger partial charge in [0, 0.05) is 16.5 Å². The van der Waals surface area contributed by atoms with Crippen LogP contribution in [0.3, 0.4) is 0 Å². The zero-order chi connectivity index (χ0) is 16.9. The molecule has 0 unspecified atom stereocenters. The fourth-order valence-corrected chi connectivity index (χ4v) is 3.55. The van der Waals surface area contributed by atoms with Crippen LogP contribution in [0, 0.1) is 6.92 Å². The monoisotopic (exact) mass is 355 g/mol. The van der Waals surface area contributed by atoms with E-state index in [2.05, 4.69) is 35.6 Å². The molecule has 0 saturated heterocycles. The Bertz CT molecular complexity index is 873. The molecule has 2 nitrogen and oxygen atoms in total. The lowest BCUT2D eigenvalue weighted by molar-refractivity contribution is -0.113. The van der Waals surface area contributed by atoms with Gasteiger partial charge in [0.15, 0.2) is 0 Å². The largest absolute Gasteiger partial charge is 0.325 e. The molecule has 0 aliphatic heterocycles. The molecule has 0 aromatic heterocycles. The van der Waals surface area contributed by atoms with Crippen LogP contribution in [0.25, 0.3) is 10.8 Å². The van der Waals surface area contributed by atoms with Gasteiger partial charge in [0.2, 0.25) is 5.91 Å². The Labute approximate surface area is 151 Å². The van der Waals surface area contributed by atoms with Crippen LogP contribution < -0.4 is 5.32 Å². The summed E-state index contributed by atoms with van der Waals surface area (Å²) in [4.78, 5) is 12.1. The van der Waals surface area contributed by atoms with Crippen LogP contribution in [-0.2, 0) is 10.5 Å². The van der Waals surface area contributed by atoms with E-state index < -0.39 is 0 Å². The molecule has 0 aliphatic carbocycles. The van der Waals surface area contributed by atoms with E-state index in [-0.39, 0.29) is 5.91 Å². The van der Waals surface area contributed by atoms with Crippen LogP contribution in [0.1, 0.15) is 11.1 Å². The van der Waals surface area contributed by atoms with Crippen molar-refractivity contribution in [3.8, 4) is 0 Å². The smallest absolute Gasteiger partial charge is 0.234 e. The fraction of sp³-hybridized carbons (Fsp3) is 0.150. The Kier molecular flexibility index (Phi) is 5.44. The maximum atomic E-state index is 12.1. The third-order valence-electron chi connectivity index (χ3n) is 3.83. The number of hydrogen-bond donors (Lipinski definition) is 1. The average Bonchev–Trinajstić information content (AvgIpc) is 2.58. The average molecular weight is 356 g/mol. The van der Waals surface area contributed by atoms with Gasteiger partial charge >= 0.3 is 0 Å². The predicted octanol–water partition coefficient (Wildman–Crippen LogP) is 5.67. The number of amides is 1. The third-order valence-corrected chi connectivity index (χ3v) is 5.21. The minimum atomic E-state index is -0.0137. The van der Waals surface area contributed by atoms with Gasteiger partial charge in [-0.25, -0.2) is 0 Å². The second kappa shape index (κ2) is 7.73. The van der Waals surface area contributed by atoms with Crippen molar-refractivity contribution < 1.29 is 4.79 Å². The summed E-state index contributed by atoms with van der Waals surface area (Å²) in [5.41, 5.74) is 2.99. The highest BCUT2D eigenvalue weighted by atomic mass is 35.5. The van der Waals surface area contributed by atoms with Crippen LogP contribution in [0.4, 0.5) is 5.69 Å². The molecule has 0 spiro atoms. The van der Waals surface area contributed by atoms with Crippen LogP contribution in [0.5, 0.6) is 0 Å². The van der Waals surface area contributed by atoms with E-state index in [1.54, 1.807) is 17.8 Å². The van der Waals surface area contributed by atoms with Crippen LogP contribution in [0.15, 0.2) is 60.7 Å². The molecular weight excluding hydrogens is 338 g/mol. The van der Waals surface area contributed by atoms with E-state index in [4.69, 9.17) is 11.6 Å². The van der Waals surface area contributed by atoms with Gasteiger partial charge in [-0.2, -0.15) is 0 Å². The Morgan fingerprint density at radius 3 is 2.71 bits per heavy atom. The van der Waals surface area contributed by atoms with Gasteiger partial charge in [0.25, 0.3) is 0 Å². The van der Waals surface area contributed by atoms with Crippen molar-refractivity contribution in [2.24, 2.45) is 0 Å². The maximum Gasteiger partial charge on any atom is 0.234 e. The van der Waals surface area contributed by atoms with Crippen molar-refractivity contribution in [3.63, 3.8) is 0 Å². The Balaban J connectivity index is 1.57. The van der Waals surface area contributed by atoms with Gasteiger partial charge in [-0.05, 0) is 41.0 Å². The maximum absolute atomic E-state index is 12.1. The highest BCUT2D eigenvalue weighted by Gasteiger charge is 2.06. The summed E-state index contributed by atoms with van der Waals surface area (Å²) < 4.78 is 0. The van der Waals surface area contributed by atoms with Crippen molar-refractivity contribution in [2.45, 2.75) is 12.7 Å².